The second-order valence-corrected chi connectivity index (χ2v) is 6.45. The van der Waals surface area contributed by atoms with Gasteiger partial charge in [-0.05, 0) is 55.3 Å². The number of nitrogens with one attached hydrogen (secondary N) is 1. The van der Waals surface area contributed by atoms with Crippen LogP contribution in [0.5, 0.6) is 0 Å². The number of pyridine rings is 1. The summed E-state index contributed by atoms with van der Waals surface area (Å²) >= 11 is 0. The molecule has 1 N–H and O–H groups in total. The highest BCUT2D eigenvalue weighted by Gasteiger charge is 2.29. The van der Waals surface area contributed by atoms with Gasteiger partial charge in [0.2, 0.25) is 5.91 Å². The highest BCUT2D eigenvalue weighted by molar-refractivity contribution is 5.80. The van der Waals surface area contributed by atoms with Crippen LogP contribution >= 0.6 is 0 Å². The maximum Gasteiger partial charge on any atom is 0.223 e. The average Bonchev–Trinajstić information content (AvgIpc) is 3.44. The largest absolute Gasteiger partial charge is 0.354 e. The first kappa shape index (κ1) is 16.4. The first-order chi connectivity index (χ1) is 12.7. The minimum Gasteiger partial charge on any atom is -0.354 e. The van der Waals surface area contributed by atoms with Crippen LogP contribution in [0.4, 0.5) is 4.39 Å². The fraction of sp³-hybridized carbons (Fsp3) is 0.250. The quantitative estimate of drug-likeness (QED) is 0.742. The van der Waals surface area contributed by atoms with Crippen LogP contribution in [0.15, 0.2) is 54.9 Å². The molecular formula is C20H19FN4O. The van der Waals surface area contributed by atoms with Crippen molar-refractivity contribution in [3.8, 4) is 22.5 Å². The third kappa shape index (κ3) is 3.64. The Morgan fingerprint density at radius 1 is 1.19 bits per heavy atom. The maximum absolute atomic E-state index is 13.2. The van der Waals surface area contributed by atoms with E-state index in [0.29, 0.717) is 13.1 Å². The highest BCUT2D eigenvalue weighted by Crippen LogP contribution is 2.29. The molecule has 3 aromatic rings. The van der Waals surface area contributed by atoms with Gasteiger partial charge in [0.1, 0.15) is 5.82 Å². The first-order valence-electron chi connectivity index (χ1n) is 8.72. The Morgan fingerprint density at radius 2 is 2.00 bits per heavy atom. The third-order valence-corrected chi connectivity index (χ3v) is 4.45. The number of hydrogen-bond acceptors (Lipinski definition) is 3. The molecule has 2 heterocycles. The summed E-state index contributed by atoms with van der Waals surface area (Å²) in [4.78, 5) is 16.0. The summed E-state index contributed by atoms with van der Waals surface area (Å²) in [6, 6.07) is 12.1. The molecule has 132 valence electrons. The second-order valence-electron chi connectivity index (χ2n) is 6.45. The molecular weight excluding hydrogens is 331 g/mol. The summed E-state index contributed by atoms with van der Waals surface area (Å²) < 4.78 is 15.1. The molecule has 1 saturated carbocycles. The van der Waals surface area contributed by atoms with E-state index in [-0.39, 0.29) is 17.6 Å². The first-order valence-corrected chi connectivity index (χ1v) is 8.72. The van der Waals surface area contributed by atoms with Crippen molar-refractivity contribution in [3.63, 3.8) is 0 Å². The Hall–Kier alpha value is -3.02. The summed E-state index contributed by atoms with van der Waals surface area (Å²) in [7, 11) is 0. The van der Waals surface area contributed by atoms with Crippen molar-refractivity contribution < 1.29 is 9.18 Å². The number of carbonyl (C=O) groups excluding carboxylic acids is 1. The van der Waals surface area contributed by atoms with Crippen molar-refractivity contribution in [2.24, 2.45) is 5.92 Å². The van der Waals surface area contributed by atoms with Gasteiger partial charge in [-0.1, -0.05) is 0 Å². The molecule has 1 amide bonds. The smallest absolute Gasteiger partial charge is 0.223 e. The molecule has 0 spiro atoms. The number of hydrogen-bond donors (Lipinski definition) is 1. The molecule has 1 aliphatic rings. The summed E-state index contributed by atoms with van der Waals surface area (Å²) in [5.41, 5.74) is 3.47. The van der Waals surface area contributed by atoms with Gasteiger partial charge in [0, 0.05) is 36.0 Å². The van der Waals surface area contributed by atoms with Gasteiger partial charge in [0.25, 0.3) is 0 Å². The molecule has 6 heteroatoms. The Kier molecular flexibility index (Phi) is 4.48. The molecule has 0 unspecified atom stereocenters. The van der Waals surface area contributed by atoms with E-state index in [1.54, 1.807) is 24.5 Å². The minimum atomic E-state index is -0.275. The molecule has 0 bridgehead atoms. The number of nitrogens with zero attached hydrogens (tertiary/aromatic N) is 3. The van der Waals surface area contributed by atoms with Crippen LogP contribution in [-0.4, -0.2) is 27.2 Å². The van der Waals surface area contributed by atoms with Crippen LogP contribution in [0.1, 0.15) is 12.8 Å². The van der Waals surface area contributed by atoms with Crippen LogP contribution < -0.4 is 5.32 Å². The van der Waals surface area contributed by atoms with Crippen LogP contribution in [0, 0.1) is 11.7 Å². The molecule has 1 fully saturated rings. The number of carbonyl (C=O) groups is 1. The zero-order valence-electron chi connectivity index (χ0n) is 14.2. The van der Waals surface area contributed by atoms with Gasteiger partial charge >= 0.3 is 0 Å². The number of benzene rings is 1. The highest BCUT2D eigenvalue weighted by atomic mass is 19.1. The Morgan fingerprint density at radius 3 is 2.69 bits per heavy atom. The van der Waals surface area contributed by atoms with Crippen molar-refractivity contribution in [1.29, 1.82) is 0 Å². The van der Waals surface area contributed by atoms with Crippen molar-refractivity contribution in [3.05, 3.63) is 60.7 Å². The van der Waals surface area contributed by atoms with Gasteiger partial charge in [-0.15, -0.1) is 0 Å². The molecule has 0 saturated heterocycles. The molecule has 2 aromatic heterocycles. The predicted octanol–water partition coefficient (Wildman–Crippen LogP) is 3.28. The topological polar surface area (TPSA) is 59.8 Å². The van der Waals surface area contributed by atoms with Crippen molar-refractivity contribution >= 4 is 5.91 Å². The molecule has 0 aliphatic heterocycles. The van der Waals surface area contributed by atoms with Gasteiger partial charge in [0.15, 0.2) is 0 Å². The average molecular weight is 350 g/mol. The Balaban J connectivity index is 1.59. The fourth-order valence-electron chi connectivity index (χ4n) is 2.87. The number of rotatable bonds is 6. The van der Waals surface area contributed by atoms with Gasteiger partial charge in [0.05, 0.1) is 17.9 Å². The number of amides is 1. The normalized spacial score (nSPS) is 13.6. The minimum absolute atomic E-state index is 0.124. The lowest BCUT2D eigenvalue weighted by Gasteiger charge is -2.08. The SMILES string of the molecule is O=C(NCCn1nc(-c2ccc(F)cc2)cc1-c1cccnc1)C1CC1. The molecule has 0 atom stereocenters. The number of halogens is 1. The Labute approximate surface area is 150 Å². The van der Waals surface area contributed by atoms with Crippen molar-refractivity contribution in [2.75, 3.05) is 6.54 Å². The van der Waals surface area contributed by atoms with Gasteiger partial charge < -0.3 is 5.32 Å². The van der Waals surface area contributed by atoms with Crippen molar-refractivity contribution in [2.45, 2.75) is 19.4 Å². The summed E-state index contributed by atoms with van der Waals surface area (Å²) in [6.45, 7) is 1.08. The lowest BCUT2D eigenvalue weighted by molar-refractivity contribution is -0.122. The monoisotopic (exact) mass is 350 g/mol. The zero-order chi connectivity index (χ0) is 17.9. The maximum atomic E-state index is 13.2. The van der Waals surface area contributed by atoms with Crippen LogP contribution in [0.25, 0.3) is 22.5 Å². The lowest BCUT2D eigenvalue weighted by atomic mass is 10.1. The number of aromatic nitrogens is 3. The van der Waals surface area contributed by atoms with E-state index >= 15 is 0 Å². The summed E-state index contributed by atoms with van der Waals surface area (Å²) in [6.07, 6.45) is 5.48. The van der Waals surface area contributed by atoms with E-state index in [1.807, 2.05) is 22.9 Å². The van der Waals surface area contributed by atoms with E-state index in [1.165, 1.54) is 12.1 Å². The molecule has 0 radical (unpaired) electrons. The van der Waals surface area contributed by atoms with E-state index in [4.69, 9.17) is 0 Å². The third-order valence-electron chi connectivity index (χ3n) is 4.45. The van der Waals surface area contributed by atoms with Crippen LogP contribution in [0.2, 0.25) is 0 Å². The van der Waals surface area contributed by atoms with Gasteiger partial charge in [-0.3, -0.25) is 14.5 Å². The van der Waals surface area contributed by atoms with Crippen LogP contribution in [-0.2, 0) is 11.3 Å². The predicted molar refractivity (Wildman–Crippen MR) is 96.6 cm³/mol. The molecule has 1 aromatic carbocycles. The molecule has 1 aliphatic carbocycles. The summed E-state index contributed by atoms with van der Waals surface area (Å²) in [5, 5.41) is 7.62. The lowest BCUT2D eigenvalue weighted by Crippen LogP contribution is -2.28. The fourth-order valence-corrected chi connectivity index (χ4v) is 2.87. The Bertz CT molecular complexity index is 901. The van der Waals surface area contributed by atoms with Crippen LogP contribution in [0.3, 0.4) is 0 Å². The standard InChI is InChI=1S/C20H19FN4O/c21-17-7-5-14(6-8-17)18-12-19(16-2-1-9-22-13-16)25(24-18)11-10-23-20(26)15-3-4-15/h1-2,5-9,12-13,15H,3-4,10-11H2,(H,23,26). The van der Waals surface area contributed by atoms with Crippen molar-refractivity contribution in [1.82, 2.24) is 20.1 Å². The molecule has 26 heavy (non-hydrogen) atoms. The molecule has 5 nitrogen and oxygen atoms in total. The van der Waals surface area contributed by atoms with E-state index in [0.717, 1.165) is 35.4 Å². The van der Waals surface area contributed by atoms with E-state index < -0.39 is 0 Å². The van der Waals surface area contributed by atoms with E-state index in [9.17, 15) is 9.18 Å². The zero-order valence-corrected chi connectivity index (χ0v) is 14.2. The molecule has 4 rings (SSSR count). The van der Waals surface area contributed by atoms with Gasteiger partial charge in [-0.2, -0.15) is 5.10 Å². The van der Waals surface area contributed by atoms with E-state index in [2.05, 4.69) is 15.4 Å². The second kappa shape index (κ2) is 7.07. The van der Waals surface area contributed by atoms with Gasteiger partial charge in [-0.25, -0.2) is 4.39 Å². The summed E-state index contributed by atoms with van der Waals surface area (Å²) in [5.74, 6) is 0.0440.